The topological polar surface area (TPSA) is 64.1 Å². The van der Waals surface area contributed by atoms with Gasteiger partial charge in [0.2, 0.25) is 0 Å². The fourth-order valence-electron chi connectivity index (χ4n) is 3.14. The first-order valence-corrected chi connectivity index (χ1v) is 8.85. The molecule has 5 heteroatoms. The number of hydrogen-bond acceptors (Lipinski definition) is 5. The zero-order valence-electron chi connectivity index (χ0n) is 15.2. The number of aromatic nitrogens is 2. The Labute approximate surface area is 157 Å². The van der Waals surface area contributed by atoms with Gasteiger partial charge in [0.25, 0.3) is 0 Å². The molecule has 0 unspecified atom stereocenters. The summed E-state index contributed by atoms with van der Waals surface area (Å²) in [4.78, 5) is 21.3. The van der Waals surface area contributed by atoms with Crippen molar-refractivity contribution < 1.29 is 9.53 Å². The molecular formula is C22H19N3O2. The smallest absolute Gasteiger partial charge is 0.341 e. The van der Waals surface area contributed by atoms with Gasteiger partial charge in [-0.15, -0.1) is 0 Å². The van der Waals surface area contributed by atoms with Gasteiger partial charge in [-0.05, 0) is 37.4 Å². The number of nitrogens with one attached hydrogen (secondary N) is 1. The second-order valence-corrected chi connectivity index (χ2v) is 6.24. The van der Waals surface area contributed by atoms with E-state index in [4.69, 9.17) is 4.74 Å². The van der Waals surface area contributed by atoms with E-state index in [1.807, 2.05) is 49.4 Å². The van der Waals surface area contributed by atoms with Crippen LogP contribution in [0, 0.1) is 6.92 Å². The van der Waals surface area contributed by atoms with Crippen molar-refractivity contribution >= 4 is 39.1 Å². The minimum absolute atomic E-state index is 0.302. The molecule has 1 N–H and O–H groups in total. The van der Waals surface area contributed by atoms with E-state index in [2.05, 4.69) is 27.4 Å². The number of nitrogens with zero attached hydrogens (tertiary/aromatic N) is 2. The molecular weight excluding hydrogens is 338 g/mol. The van der Waals surface area contributed by atoms with E-state index >= 15 is 0 Å². The molecule has 0 spiro atoms. The standard InChI is InChI=1S/C22H19N3O2/c1-3-27-22(26)18-13-23-21-17(12-11-14(2)24-21)20(18)25-19-10-6-8-15-7-4-5-9-16(15)19/h4-13H,3H2,1-2H3,(H,23,24,25). The molecule has 0 aliphatic heterocycles. The highest BCUT2D eigenvalue weighted by Crippen LogP contribution is 2.32. The number of esters is 1. The van der Waals surface area contributed by atoms with Crippen LogP contribution >= 0.6 is 0 Å². The van der Waals surface area contributed by atoms with E-state index in [1.54, 1.807) is 6.92 Å². The minimum atomic E-state index is -0.407. The second kappa shape index (κ2) is 7.03. The Morgan fingerprint density at radius 2 is 1.85 bits per heavy atom. The molecule has 0 aliphatic rings. The summed E-state index contributed by atoms with van der Waals surface area (Å²) in [5, 5.41) is 6.40. The normalized spacial score (nSPS) is 10.9. The fraction of sp³-hybridized carbons (Fsp3) is 0.136. The highest BCUT2D eigenvalue weighted by Gasteiger charge is 2.18. The maximum absolute atomic E-state index is 12.5. The first-order chi connectivity index (χ1) is 13.2. The second-order valence-electron chi connectivity index (χ2n) is 6.24. The van der Waals surface area contributed by atoms with E-state index in [0.29, 0.717) is 23.5 Å². The van der Waals surface area contributed by atoms with E-state index in [-0.39, 0.29) is 0 Å². The van der Waals surface area contributed by atoms with Gasteiger partial charge in [-0.1, -0.05) is 36.4 Å². The zero-order chi connectivity index (χ0) is 18.8. The summed E-state index contributed by atoms with van der Waals surface area (Å²) in [7, 11) is 0. The van der Waals surface area contributed by atoms with Crippen LogP contribution in [0.25, 0.3) is 21.8 Å². The lowest BCUT2D eigenvalue weighted by atomic mass is 10.1. The molecule has 2 heterocycles. The Hall–Kier alpha value is -3.47. The number of fused-ring (bicyclic) bond motifs is 2. The molecule has 0 aliphatic carbocycles. The maximum Gasteiger partial charge on any atom is 0.341 e. The highest BCUT2D eigenvalue weighted by molar-refractivity contribution is 6.07. The molecule has 0 saturated heterocycles. The summed E-state index contributed by atoms with van der Waals surface area (Å²) in [5.74, 6) is -0.407. The van der Waals surface area contributed by atoms with Gasteiger partial charge in [-0.2, -0.15) is 0 Å². The van der Waals surface area contributed by atoms with Gasteiger partial charge in [0.05, 0.1) is 12.3 Å². The van der Waals surface area contributed by atoms with Crippen LogP contribution in [0.4, 0.5) is 11.4 Å². The van der Waals surface area contributed by atoms with E-state index in [0.717, 1.165) is 27.5 Å². The maximum atomic E-state index is 12.5. The number of ether oxygens (including phenoxy) is 1. The number of rotatable bonds is 4. The van der Waals surface area contributed by atoms with Crippen LogP contribution < -0.4 is 5.32 Å². The fourth-order valence-corrected chi connectivity index (χ4v) is 3.14. The summed E-state index contributed by atoms with van der Waals surface area (Å²) in [6.07, 6.45) is 1.53. The number of carbonyl (C=O) groups is 1. The number of carbonyl (C=O) groups excluding carboxylic acids is 1. The lowest BCUT2D eigenvalue weighted by molar-refractivity contribution is 0.0527. The van der Waals surface area contributed by atoms with Crippen molar-refractivity contribution in [1.29, 1.82) is 0 Å². The van der Waals surface area contributed by atoms with Gasteiger partial charge < -0.3 is 10.1 Å². The predicted octanol–water partition coefficient (Wildman–Crippen LogP) is 5.01. The van der Waals surface area contributed by atoms with Crippen LogP contribution in [0.5, 0.6) is 0 Å². The number of anilines is 2. The average Bonchev–Trinajstić information content (AvgIpc) is 2.68. The van der Waals surface area contributed by atoms with Gasteiger partial charge in [-0.3, -0.25) is 0 Å². The molecule has 0 atom stereocenters. The Morgan fingerprint density at radius 3 is 2.70 bits per heavy atom. The minimum Gasteiger partial charge on any atom is -0.462 e. The van der Waals surface area contributed by atoms with Crippen LogP contribution in [-0.4, -0.2) is 22.5 Å². The molecule has 4 aromatic rings. The van der Waals surface area contributed by atoms with E-state index in [9.17, 15) is 4.79 Å². The molecule has 0 amide bonds. The van der Waals surface area contributed by atoms with Crippen molar-refractivity contribution in [2.75, 3.05) is 11.9 Å². The molecule has 0 saturated carbocycles. The van der Waals surface area contributed by atoms with Gasteiger partial charge in [-0.25, -0.2) is 14.8 Å². The third-order valence-corrected chi connectivity index (χ3v) is 4.41. The molecule has 2 aromatic carbocycles. The number of aryl methyl sites for hydroxylation is 1. The molecule has 0 fully saturated rings. The van der Waals surface area contributed by atoms with Crippen molar-refractivity contribution in [3.8, 4) is 0 Å². The van der Waals surface area contributed by atoms with Crippen molar-refractivity contribution in [2.45, 2.75) is 13.8 Å². The van der Waals surface area contributed by atoms with Crippen molar-refractivity contribution in [1.82, 2.24) is 9.97 Å². The Morgan fingerprint density at radius 1 is 1.04 bits per heavy atom. The van der Waals surface area contributed by atoms with Crippen LogP contribution in [0.2, 0.25) is 0 Å². The Kier molecular flexibility index (Phi) is 4.42. The first kappa shape index (κ1) is 17.0. The molecule has 5 nitrogen and oxygen atoms in total. The molecule has 4 rings (SSSR count). The van der Waals surface area contributed by atoms with Gasteiger partial charge in [0.1, 0.15) is 5.56 Å². The van der Waals surface area contributed by atoms with Crippen LogP contribution in [-0.2, 0) is 4.74 Å². The number of pyridine rings is 2. The van der Waals surface area contributed by atoms with Gasteiger partial charge in [0, 0.05) is 28.4 Å². The van der Waals surface area contributed by atoms with Gasteiger partial charge >= 0.3 is 5.97 Å². The zero-order valence-corrected chi connectivity index (χ0v) is 15.2. The number of hydrogen-bond donors (Lipinski definition) is 1. The molecule has 0 bridgehead atoms. The lowest BCUT2D eigenvalue weighted by Gasteiger charge is -2.15. The predicted molar refractivity (Wildman–Crippen MR) is 107 cm³/mol. The molecule has 134 valence electrons. The third kappa shape index (κ3) is 3.19. The summed E-state index contributed by atoms with van der Waals surface area (Å²) in [6, 6.07) is 18.0. The van der Waals surface area contributed by atoms with Crippen molar-refractivity contribution in [3.05, 3.63) is 72.1 Å². The van der Waals surface area contributed by atoms with E-state index < -0.39 is 5.97 Å². The summed E-state index contributed by atoms with van der Waals surface area (Å²) < 4.78 is 5.23. The largest absolute Gasteiger partial charge is 0.462 e. The quantitative estimate of drug-likeness (QED) is 0.520. The van der Waals surface area contributed by atoms with Crippen LogP contribution in [0.1, 0.15) is 23.0 Å². The summed E-state index contributed by atoms with van der Waals surface area (Å²) >= 11 is 0. The van der Waals surface area contributed by atoms with E-state index in [1.165, 1.54) is 6.20 Å². The van der Waals surface area contributed by atoms with Crippen LogP contribution in [0.15, 0.2) is 60.8 Å². The summed E-state index contributed by atoms with van der Waals surface area (Å²) in [5.41, 5.74) is 3.41. The molecule has 0 radical (unpaired) electrons. The third-order valence-electron chi connectivity index (χ3n) is 4.41. The van der Waals surface area contributed by atoms with Crippen LogP contribution in [0.3, 0.4) is 0 Å². The monoisotopic (exact) mass is 357 g/mol. The number of benzene rings is 2. The van der Waals surface area contributed by atoms with Crippen molar-refractivity contribution in [3.63, 3.8) is 0 Å². The summed E-state index contributed by atoms with van der Waals surface area (Å²) in [6.45, 7) is 4.00. The van der Waals surface area contributed by atoms with Crippen molar-refractivity contribution in [2.24, 2.45) is 0 Å². The van der Waals surface area contributed by atoms with Gasteiger partial charge in [0.15, 0.2) is 5.65 Å². The first-order valence-electron chi connectivity index (χ1n) is 8.85. The molecule has 2 aromatic heterocycles. The highest BCUT2D eigenvalue weighted by atomic mass is 16.5. The molecule has 27 heavy (non-hydrogen) atoms. The Bertz CT molecular complexity index is 1150. The lowest BCUT2D eigenvalue weighted by Crippen LogP contribution is -2.10. The average molecular weight is 357 g/mol. The SMILES string of the molecule is CCOC(=O)c1cnc2nc(C)ccc2c1Nc1cccc2ccccc12. The Balaban J connectivity index is 1.92.